The van der Waals surface area contributed by atoms with Crippen LogP contribution in [0.5, 0.6) is 0 Å². The summed E-state index contributed by atoms with van der Waals surface area (Å²) in [6.07, 6.45) is 0. The second-order valence-corrected chi connectivity index (χ2v) is 5.69. The highest BCUT2D eigenvalue weighted by molar-refractivity contribution is 9.10. The van der Waals surface area contributed by atoms with Crippen LogP contribution in [0, 0.1) is 0 Å². The van der Waals surface area contributed by atoms with E-state index in [1.165, 1.54) is 6.07 Å². The van der Waals surface area contributed by atoms with Crippen molar-refractivity contribution in [2.24, 2.45) is 0 Å². The number of hydrogen-bond donors (Lipinski definition) is 0. The second kappa shape index (κ2) is 5.62. The number of rotatable bonds is 2. The molecule has 0 N–H and O–H groups in total. The van der Waals surface area contributed by atoms with Crippen LogP contribution in [0.1, 0.15) is 15.9 Å². The van der Waals surface area contributed by atoms with E-state index < -0.39 is 0 Å². The van der Waals surface area contributed by atoms with Gasteiger partial charge in [-0.3, -0.25) is 4.79 Å². The summed E-state index contributed by atoms with van der Waals surface area (Å²) in [5, 5.41) is 1.29. The maximum Gasteiger partial charge on any atom is 0.194 e. The highest BCUT2D eigenvalue weighted by Crippen LogP contribution is 2.27. The molecule has 1 nitrogen and oxygen atoms in total. The predicted octanol–water partition coefficient (Wildman–Crippen LogP) is 5.64. The molecule has 5 heteroatoms. The Balaban J connectivity index is 2.44. The van der Waals surface area contributed by atoms with Gasteiger partial charge in [-0.25, -0.2) is 0 Å². The van der Waals surface area contributed by atoms with Gasteiger partial charge < -0.3 is 0 Å². The molecule has 0 radical (unpaired) electrons. The number of carbonyl (C=O) groups is 1. The van der Waals surface area contributed by atoms with Crippen LogP contribution in [0.3, 0.4) is 0 Å². The van der Waals surface area contributed by atoms with Gasteiger partial charge in [0.2, 0.25) is 0 Å². The summed E-state index contributed by atoms with van der Waals surface area (Å²) in [6.45, 7) is 0. The molecular weight excluding hydrogens is 358 g/mol. The fourth-order valence-corrected chi connectivity index (χ4v) is 2.39. The van der Waals surface area contributed by atoms with Gasteiger partial charge >= 0.3 is 0 Å². The average Bonchev–Trinajstić information content (AvgIpc) is 2.32. The van der Waals surface area contributed by atoms with Crippen molar-refractivity contribution in [1.29, 1.82) is 0 Å². The van der Waals surface area contributed by atoms with Crippen molar-refractivity contribution >= 4 is 56.5 Å². The van der Waals surface area contributed by atoms with Crippen LogP contribution in [0.2, 0.25) is 15.1 Å². The van der Waals surface area contributed by atoms with Crippen molar-refractivity contribution in [3.63, 3.8) is 0 Å². The first-order chi connectivity index (χ1) is 8.49. The Morgan fingerprint density at radius 3 is 2.28 bits per heavy atom. The average molecular weight is 364 g/mol. The quantitative estimate of drug-likeness (QED) is 0.630. The van der Waals surface area contributed by atoms with Gasteiger partial charge in [0.15, 0.2) is 5.78 Å². The molecule has 0 spiro atoms. The number of carbonyl (C=O) groups excluding carboxylic acids is 1. The van der Waals surface area contributed by atoms with Crippen LogP contribution in [0.15, 0.2) is 40.9 Å². The highest BCUT2D eigenvalue weighted by Gasteiger charge is 2.14. The third-order valence-electron chi connectivity index (χ3n) is 2.36. The maximum atomic E-state index is 12.2. The fourth-order valence-electron chi connectivity index (χ4n) is 1.47. The minimum atomic E-state index is -0.189. The summed E-state index contributed by atoms with van der Waals surface area (Å²) >= 11 is 21.0. The van der Waals surface area contributed by atoms with E-state index in [1.807, 2.05) is 0 Å². The molecule has 2 aromatic carbocycles. The van der Waals surface area contributed by atoms with E-state index in [2.05, 4.69) is 15.9 Å². The van der Waals surface area contributed by atoms with Crippen LogP contribution in [0.25, 0.3) is 0 Å². The number of ketones is 1. The summed E-state index contributed by atoms with van der Waals surface area (Å²) in [6, 6.07) is 9.77. The number of benzene rings is 2. The Morgan fingerprint density at radius 1 is 0.944 bits per heavy atom. The summed E-state index contributed by atoms with van der Waals surface area (Å²) < 4.78 is 0.739. The van der Waals surface area contributed by atoms with Crippen molar-refractivity contribution in [2.45, 2.75) is 0 Å². The molecule has 0 aliphatic rings. The van der Waals surface area contributed by atoms with Crippen molar-refractivity contribution in [3.05, 3.63) is 67.1 Å². The van der Waals surface area contributed by atoms with Gasteiger partial charge in [0, 0.05) is 20.6 Å². The Kier molecular flexibility index (Phi) is 4.33. The van der Waals surface area contributed by atoms with E-state index in [1.54, 1.807) is 30.3 Å². The Bertz CT molecular complexity index is 626. The molecule has 0 saturated carbocycles. The molecule has 92 valence electrons. The zero-order valence-corrected chi connectivity index (χ0v) is 12.7. The van der Waals surface area contributed by atoms with E-state index in [-0.39, 0.29) is 5.78 Å². The molecule has 0 saturated heterocycles. The molecule has 2 aromatic rings. The second-order valence-electron chi connectivity index (χ2n) is 3.58. The van der Waals surface area contributed by atoms with Crippen LogP contribution < -0.4 is 0 Å². The van der Waals surface area contributed by atoms with Gasteiger partial charge in [0.05, 0.1) is 10.0 Å². The van der Waals surface area contributed by atoms with Crippen LogP contribution in [-0.2, 0) is 0 Å². The lowest BCUT2D eigenvalue weighted by molar-refractivity contribution is 0.103. The minimum Gasteiger partial charge on any atom is -0.289 e. The molecule has 0 unspecified atom stereocenters. The molecule has 0 amide bonds. The minimum absolute atomic E-state index is 0.189. The van der Waals surface area contributed by atoms with Crippen LogP contribution in [-0.4, -0.2) is 5.78 Å². The first kappa shape index (κ1) is 13.9. The molecule has 0 aliphatic carbocycles. The summed E-state index contributed by atoms with van der Waals surface area (Å²) in [7, 11) is 0. The first-order valence-electron chi connectivity index (χ1n) is 4.94. The Morgan fingerprint density at radius 2 is 1.67 bits per heavy atom. The molecular formula is C13H6BrCl3O. The van der Waals surface area contributed by atoms with Crippen molar-refractivity contribution in [2.75, 3.05) is 0 Å². The molecule has 2 rings (SSSR count). The van der Waals surface area contributed by atoms with E-state index >= 15 is 0 Å². The molecule has 0 fully saturated rings. The van der Waals surface area contributed by atoms with Crippen molar-refractivity contribution in [1.82, 2.24) is 0 Å². The summed E-state index contributed by atoms with van der Waals surface area (Å²) in [5.74, 6) is -0.189. The third-order valence-corrected chi connectivity index (χ3v) is 4.14. The smallest absolute Gasteiger partial charge is 0.194 e. The zero-order chi connectivity index (χ0) is 13.3. The maximum absolute atomic E-state index is 12.2. The lowest BCUT2D eigenvalue weighted by atomic mass is 10.0. The summed E-state index contributed by atoms with van der Waals surface area (Å²) in [4.78, 5) is 12.2. The molecule has 18 heavy (non-hydrogen) atoms. The van der Waals surface area contributed by atoms with Crippen molar-refractivity contribution < 1.29 is 4.79 Å². The van der Waals surface area contributed by atoms with Crippen LogP contribution >= 0.6 is 50.7 Å². The predicted molar refractivity (Wildman–Crippen MR) is 79.0 cm³/mol. The zero-order valence-electron chi connectivity index (χ0n) is 8.88. The highest BCUT2D eigenvalue weighted by atomic mass is 79.9. The van der Waals surface area contributed by atoms with Gasteiger partial charge in [-0.15, -0.1) is 0 Å². The number of halogens is 4. The lowest BCUT2D eigenvalue weighted by Gasteiger charge is -2.05. The molecule has 0 atom stereocenters. The van der Waals surface area contributed by atoms with Crippen LogP contribution in [0.4, 0.5) is 0 Å². The van der Waals surface area contributed by atoms with E-state index in [0.29, 0.717) is 26.2 Å². The first-order valence-corrected chi connectivity index (χ1v) is 6.86. The third kappa shape index (κ3) is 2.89. The van der Waals surface area contributed by atoms with Gasteiger partial charge in [0.25, 0.3) is 0 Å². The van der Waals surface area contributed by atoms with E-state index in [9.17, 15) is 4.79 Å². The molecule has 0 aromatic heterocycles. The standard InChI is InChI=1S/C13H6BrCl3O/c14-10-4-1-7(5-12(10)17)13(18)9-3-2-8(15)6-11(9)16/h1-6H. The van der Waals surface area contributed by atoms with Crippen molar-refractivity contribution in [3.8, 4) is 0 Å². The van der Waals surface area contributed by atoms with Gasteiger partial charge in [-0.05, 0) is 52.3 Å². The topological polar surface area (TPSA) is 17.1 Å². The molecule has 0 heterocycles. The SMILES string of the molecule is O=C(c1ccc(Br)c(Cl)c1)c1ccc(Cl)cc1Cl. The molecule has 0 bridgehead atoms. The van der Waals surface area contributed by atoms with E-state index in [0.717, 1.165) is 4.47 Å². The lowest BCUT2D eigenvalue weighted by Crippen LogP contribution is -2.02. The Hall–Kier alpha value is -0.540. The fraction of sp³-hybridized carbons (Fsp3) is 0. The van der Waals surface area contributed by atoms with Gasteiger partial charge in [-0.1, -0.05) is 34.8 Å². The Labute approximate surface area is 128 Å². The van der Waals surface area contributed by atoms with Gasteiger partial charge in [-0.2, -0.15) is 0 Å². The number of hydrogen-bond acceptors (Lipinski definition) is 1. The van der Waals surface area contributed by atoms with E-state index in [4.69, 9.17) is 34.8 Å². The monoisotopic (exact) mass is 362 g/mol. The normalized spacial score (nSPS) is 10.4. The largest absolute Gasteiger partial charge is 0.289 e. The summed E-state index contributed by atoms with van der Waals surface area (Å²) in [5.41, 5.74) is 0.881. The molecule has 0 aliphatic heterocycles. The van der Waals surface area contributed by atoms with Gasteiger partial charge in [0.1, 0.15) is 0 Å².